The van der Waals surface area contributed by atoms with Crippen molar-refractivity contribution in [2.45, 2.75) is 37.8 Å². The number of nitrogens with one attached hydrogen (secondary N) is 1. The Morgan fingerprint density at radius 3 is 3.00 bits per heavy atom. The van der Waals surface area contributed by atoms with Crippen LogP contribution in [0.4, 0.5) is 0 Å². The van der Waals surface area contributed by atoms with Crippen LogP contribution >= 0.6 is 0 Å². The number of hydrogen-bond donors (Lipinski definition) is 2. The summed E-state index contributed by atoms with van der Waals surface area (Å²) in [5, 5.41) is 6.36. The Morgan fingerprint density at radius 1 is 1.53 bits per heavy atom. The van der Waals surface area contributed by atoms with Crippen LogP contribution in [0.1, 0.15) is 36.2 Å². The van der Waals surface area contributed by atoms with E-state index in [0.717, 1.165) is 25.7 Å². The molecule has 0 spiro atoms. The molecule has 0 aromatic carbocycles. The van der Waals surface area contributed by atoms with E-state index in [0.29, 0.717) is 0 Å². The number of nitrogens with zero attached hydrogens (tertiary/aromatic N) is 1. The fraction of sp³-hybridized carbons (Fsp3) is 0.600. The van der Waals surface area contributed by atoms with Gasteiger partial charge in [0.1, 0.15) is 0 Å². The fourth-order valence-corrected chi connectivity index (χ4v) is 1.91. The number of carbonyl (C=O) groups is 1. The van der Waals surface area contributed by atoms with Gasteiger partial charge < -0.3 is 15.6 Å². The van der Waals surface area contributed by atoms with Crippen LogP contribution in [0.5, 0.6) is 0 Å². The van der Waals surface area contributed by atoms with Gasteiger partial charge in [-0.1, -0.05) is 18.0 Å². The molecule has 0 saturated heterocycles. The van der Waals surface area contributed by atoms with Crippen molar-refractivity contribution < 1.29 is 9.32 Å². The first-order valence-electron chi connectivity index (χ1n) is 5.24. The maximum atomic E-state index is 11.6. The van der Waals surface area contributed by atoms with Gasteiger partial charge in [0.25, 0.3) is 5.91 Å². The van der Waals surface area contributed by atoms with Crippen molar-refractivity contribution in [3.8, 4) is 0 Å². The van der Waals surface area contributed by atoms with E-state index in [-0.39, 0.29) is 23.8 Å². The molecule has 0 aliphatic heterocycles. The highest BCUT2D eigenvalue weighted by atomic mass is 16.5. The van der Waals surface area contributed by atoms with E-state index >= 15 is 0 Å². The van der Waals surface area contributed by atoms with Gasteiger partial charge in [-0.05, 0) is 12.8 Å². The molecule has 2 atom stereocenters. The minimum atomic E-state index is -0.227. The van der Waals surface area contributed by atoms with Crippen LogP contribution in [-0.4, -0.2) is 23.1 Å². The minimum Gasteiger partial charge on any atom is -0.351 e. The average molecular weight is 209 g/mol. The topological polar surface area (TPSA) is 81.1 Å². The first-order valence-corrected chi connectivity index (χ1v) is 5.24. The first kappa shape index (κ1) is 10.2. The molecule has 5 heteroatoms. The molecule has 2 unspecified atom stereocenters. The first-order chi connectivity index (χ1) is 7.27. The Labute approximate surface area is 88.0 Å². The average Bonchev–Trinajstić information content (AvgIpc) is 2.74. The van der Waals surface area contributed by atoms with Crippen molar-refractivity contribution >= 4 is 5.91 Å². The second kappa shape index (κ2) is 4.44. The molecule has 0 bridgehead atoms. The molecular weight excluding hydrogens is 194 g/mol. The maximum absolute atomic E-state index is 11.6. The summed E-state index contributed by atoms with van der Waals surface area (Å²) < 4.78 is 4.77. The molecule has 1 aromatic rings. The van der Waals surface area contributed by atoms with E-state index in [9.17, 15) is 4.79 Å². The van der Waals surface area contributed by atoms with Gasteiger partial charge in [-0.25, -0.2) is 0 Å². The van der Waals surface area contributed by atoms with Gasteiger partial charge in [-0.3, -0.25) is 4.79 Å². The van der Waals surface area contributed by atoms with Crippen molar-refractivity contribution in [2.75, 3.05) is 0 Å². The van der Waals surface area contributed by atoms with E-state index in [4.69, 9.17) is 10.3 Å². The molecule has 1 aliphatic rings. The molecule has 3 N–H and O–H groups in total. The Morgan fingerprint density at radius 2 is 2.33 bits per heavy atom. The standard InChI is InChI=1S/C10H15N3O2/c11-7-3-1-2-4-8(7)13-10(14)9-5-6-12-15-9/h5-8H,1-4,11H2,(H,13,14). The number of amides is 1. The zero-order valence-electron chi connectivity index (χ0n) is 8.48. The Hall–Kier alpha value is -1.36. The van der Waals surface area contributed by atoms with Crippen LogP contribution in [0.3, 0.4) is 0 Å². The third-order valence-corrected chi connectivity index (χ3v) is 2.80. The number of nitrogens with two attached hydrogens (primary N) is 1. The summed E-state index contributed by atoms with van der Waals surface area (Å²) in [5.41, 5.74) is 5.92. The Bertz CT molecular complexity index is 323. The van der Waals surface area contributed by atoms with E-state index in [2.05, 4.69) is 10.5 Å². The summed E-state index contributed by atoms with van der Waals surface area (Å²) in [6.45, 7) is 0. The van der Waals surface area contributed by atoms with Crippen LogP contribution in [0.25, 0.3) is 0 Å². The summed E-state index contributed by atoms with van der Waals surface area (Å²) >= 11 is 0. The Balaban J connectivity index is 1.93. The summed E-state index contributed by atoms with van der Waals surface area (Å²) in [6, 6.07) is 1.67. The predicted octanol–water partition coefficient (Wildman–Crippen LogP) is 0.674. The molecule has 5 nitrogen and oxygen atoms in total. The third kappa shape index (κ3) is 2.36. The van der Waals surface area contributed by atoms with Crippen LogP contribution in [0.15, 0.2) is 16.8 Å². The molecule has 1 aromatic heterocycles. The molecule has 1 amide bonds. The molecule has 2 rings (SSSR count). The lowest BCUT2D eigenvalue weighted by atomic mass is 9.91. The normalized spacial score (nSPS) is 26.2. The molecule has 15 heavy (non-hydrogen) atoms. The zero-order valence-corrected chi connectivity index (χ0v) is 8.48. The monoisotopic (exact) mass is 209 g/mol. The van der Waals surface area contributed by atoms with Crippen LogP contribution < -0.4 is 11.1 Å². The van der Waals surface area contributed by atoms with Gasteiger partial charge in [-0.2, -0.15) is 0 Å². The van der Waals surface area contributed by atoms with E-state index in [1.165, 1.54) is 6.20 Å². The van der Waals surface area contributed by atoms with Crippen molar-refractivity contribution in [3.05, 3.63) is 18.0 Å². The smallest absolute Gasteiger partial charge is 0.290 e. The second-order valence-electron chi connectivity index (χ2n) is 3.90. The van der Waals surface area contributed by atoms with Gasteiger partial charge in [0.15, 0.2) is 0 Å². The molecule has 0 radical (unpaired) electrons. The van der Waals surface area contributed by atoms with Gasteiger partial charge in [0.05, 0.1) is 6.20 Å². The lowest BCUT2D eigenvalue weighted by molar-refractivity contribution is 0.0884. The van der Waals surface area contributed by atoms with Crippen molar-refractivity contribution in [3.63, 3.8) is 0 Å². The molecule has 1 heterocycles. The molecule has 1 aliphatic carbocycles. The van der Waals surface area contributed by atoms with Crippen molar-refractivity contribution in [2.24, 2.45) is 5.73 Å². The highest BCUT2D eigenvalue weighted by Gasteiger charge is 2.24. The summed E-state index contributed by atoms with van der Waals surface area (Å²) in [5.74, 6) is 0.0163. The largest absolute Gasteiger partial charge is 0.351 e. The van der Waals surface area contributed by atoms with Crippen LogP contribution in [0.2, 0.25) is 0 Å². The molecule has 82 valence electrons. The van der Waals surface area contributed by atoms with Gasteiger partial charge in [-0.15, -0.1) is 0 Å². The molecular formula is C10H15N3O2. The van der Waals surface area contributed by atoms with Crippen molar-refractivity contribution in [1.82, 2.24) is 10.5 Å². The highest BCUT2D eigenvalue weighted by Crippen LogP contribution is 2.17. The summed E-state index contributed by atoms with van der Waals surface area (Å²) in [7, 11) is 0. The van der Waals surface area contributed by atoms with Crippen LogP contribution in [-0.2, 0) is 0 Å². The van der Waals surface area contributed by atoms with Gasteiger partial charge in [0, 0.05) is 18.2 Å². The quantitative estimate of drug-likeness (QED) is 0.750. The Kier molecular flexibility index (Phi) is 3.01. The summed E-state index contributed by atoms with van der Waals surface area (Å²) in [4.78, 5) is 11.6. The predicted molar refractivity (Wildman–Crippen MR) is 54.2 cm³/mol. The summed E-state index contributed by atoms with van der Waals surface area (Å²) in [6.07, 6.45) is 5.64. The van der Waals surface area contributed by atoms with E-state index in [1.807, 2.05) is 0 Å². The van der Waals surface area contributed by atoms with E-state index in [1.54, 1.807) is 6.07 Å². The van der Waals surface area contributed by atoms with Gasteiger partial charge in [0.2, 0.25) is 5.76 Å². The third-order valence-electron chi connectivity index (χ3n) is 2.80. The van der Waals surface area contributed by atoms with Crippen LogP contribution in [0, 0.1) is 0 Å². The lowest BCUT2D eigenvalue weighted by Gasteiger charge is -2.28. The number of carbonyl (C=O) groups excluding carboxylic acids is 1. The SMILES string of the molecule is NC1CCCCC1NC(=O)c1ccno1. The van der Waals surface area contributed by atoms with Gasteiger partial charge >= 0.3 is 0 Å². The zero-order chi connectivity index (χ0) is 10.7. The number of hydrogen-bond acceptors (Lipinski definition) is 4. The lowest BCUT2D eigenvalue weighted by Crippen LogP contribution is -2.49. The molecule has 1 fully saturated rings. The van der Waals surface area contributed by atoms with E-state index < -0.39 is 0 Å². The fourth-order valence-electron chi connectivity index (χ4n) is 1.91. The second-order valence-corrected chi connectivity index (χ2v) is 3.90. The minimum absolute atomic E-state index is 0.0608. The molecule has 1 saturated carbocycles. The number of aromatic nitrogens is 1. The van der Waals surface area contributed by atoms with Crippen molar-refractivity contribution in [1.29, 1.82) is 0 Å². The maximum Gasteiger partial charge on any atom is 0.290 e. The number of rotatable bonds is 2. The highest BCUT2D eigenvalue weighted by molar-refractivity contribution is 5.91.